The molecule has 4 aromatic carbocycles. The molecular weight excluding hydrogens is 729 g/mol. The normalized spacial score (nSPS) is 13.4. The molecule has 0 bridgehead atoms. The van der Waals surface area contributed by atoms with Crippen LogP contribution in [0.15, 0.2) is 84.9 Å². The van der Waals surface area contributed by atoms with E-state index in [1.54, 1.807) is 0 Å². The highest BCUT2D eigenvalue weighted by Crippen LogP contribution is 2.39. The molecule has 1 aliphatic rings. The second-order valence-corrected chi connectivity index (χ2v) is 18.3. The summed E-state index contributed by atoms with van der Waals surface area (Å²) in [5.74, 6) is 0. The van der Waals surface area contributed by atoms with E-state index >= 15 is 0 Å². The van der Waals surface area contributed by atoms with Crippen molar-refractivity contribution in [3.63, 3.8) is 0 Å². The van der Waals surface area contributed by atoms with Crippen molar-refractivity contribution in [1.82, 2.24) is 0 Å². The molecule has 1 saturated heterocycles. The molecule has 0 aromatic heterocycles. The molecule has 0 aliphatic carbocycles. The van der Waals surface area contributed by atoms with Crippen LogP contribution in [-0.2, 0) is 9.47 Å². The maximum Gasteiger partial charge on any atom is 0.0839 e. The molecule has 0 N–H and O–H groups in total. The first-order valence-electron chi connectivity index (χ1n) is 26.0. The molecule has 0 amide bonds. The lowest BCUT2D eigenvalue weighted by molar-refractivity contribution is -0.0249. The molecule has 2 nitrogen and oxygen atoms in total. The molecule has 0 spiro atoms. The molecule has 1 fully saturated rings. The van der Waals surface area contributed by atoms with Crippen LogP contribution in [-0.4, -0.2) is 13.2 Å². The van der Waals surface area contributed by atoms with Crippen LogP contribution in [0.4, 0.5) is 0 Å². The van der Waals surface area contributed by atoms with E-state index in [9.17, 15) is 0 Å². The first-order valence-corrected chi connectivity index (χ1v) is 26.0. The van der Waals surface area contributed by atoms with Gasteiger partial charge in [-0.05, 0) is 45.5 Å². The smallest absolute Gasteiger partial charge is 0.0839 e. The molecule has 2 heteroatoms. The highest BCUT2D eigenvalue weighted by atomic mass is 16.6. The highest BCUT2D eigenvalue weighted by molar-refractivity contribution is 5.87. The fraction of sp³-hybridized carbons (Fsp3) is 0.655. The lowest BCUT2D eigenvalue weighted by atomic mass is 9.94. The fourth-order valence-corrected chi connectivity index (χ4v) is 9.26. The highest BCUT2D eigenvalue weighted by Gasteiger charge is 2.23. The van der Waals surface area contributed by atoms with Crippen molar-refractivity contribution in [2.75, 3.05) is 13.2 Å². The van der Waals surface area contributed by atoms with Crippen molar-refractivity contribution < 1.29 is 9.47 Å². The average Bonchev–Trinajstić information content (AvgIpc) is 4.18. The second-order valence-electron chi connectivity index (χ2n) is 18.3. The third-order valence-corrected chi connectivity index (χ3v) is 13.0. The lowest BCUT2D eigenvalue weighted by Crippen LogP contribution is -2.12. The van der Waals surface area contributed by atoms with Crippen molar-refractivity contribution in [1.29, 1.82) is 0 Å². The summed E-state index contributed by atoms with van der Waals surface area (Å²) in [5, 5.41) is 5.36. The van der Waals surface area contributed by atoms with Gasteiger partial charge in [0.25, 0.3) is 0 Å². The number of hydrogen-bond acceptors (Lipinski definition) is 2. The third-order valence-electron chi connectivity index (χ3n) is 13.0. The molecule has 4 aromatic rings. The van der Waals surface area contributed by atoms with Crippen LogP contribution in [0.2, 0.25) is 0 Å². The van der Waals surface area contributed by atoms with E-state index in [0.717, 1.165) is 26.1 Å². The molecule has 2 atom stereocenters. The van der Waals surface area contributed by atoms with Gasteiger partial charge in [0.2, 0.25) is 0 Å². The van der Waals surface area contributed by atoms with E-state index in [4.69, 9.17) is 4.74 Å². The minimum atomic E-state index is 0.0957. The predicted octanol–water partition coefficient (Wildman–Crippen LogP) is 19.3. The quantitative estimate of drug-likeness (QED) is 0.0337. The van der Waals surface area contributed by atoms with E-state index in [-0.39, 0.29) is 12.2 Å². The summed E-state index contributed by atoms with van der Waals surface area (Å²) in [6, 6.07) is 31.7. The number of fused-ring (bicyclic) bond motifs is 2. The van der Waals surface area contributed by atoms with Gasteiger partial charge in [-0.3, -0.25) is 0 Å². The zero-order valence-corrected chi connectivity index (χ0v) is 39.1. The fourth-order valence-electron chi connectivity index (χ4n) is 9.26. The minimum Gasteiger partial charge on any atom is -0.377 e. The Labute approximate surface area is 370 Å². The van der Waals surface area contributed by atoms with Crippen molar-refractivity contribution in [3.8, 4) is 0 Å². The predicted molar refractivity (Wildman–Crippen MR) is 264 cm³/mol. The van der Waals surface area contributed by atoms with Gasteiger partial charge in [-0.25, -0.2) is 0 Å². The molecule has 5 rings (SSSR count). The van der Waals surface area contributed by atoms with Crippen molar-refractivity contribution in [2.45, 2.75) is 232 Å². The monoisotopic (exact) mass is 819 g/mol. The van der Waals surface area contributed by atoms with Crippen LogP contribution in [0, 0.1) is 0 Å². The van der Waals surface area contributed by atoms with Crippen LogP contribution in [0.3, 0.4) is 0 Å². The number of ether oxygens (including phenoxy) is 2. The van der Waals surface area contributed by atoms with Gasteiger partial charge in [0.15, 0.2) is 0 Å². The lowest BCUT2D eigenvalue weighted by Gasteiger charge is -2.28. The molecule has 1 heterocycles. The Balaban J connectivity index is 0.00000253. The largest absolute Gasteiger partial charge is 0.377 e. The number of benzene rings is 4. The summed E-state index contributed by atoms with van der Waals surface area (Å²) in [6.45, 7) is 6.62. The van der Waals surface area contributed by atoms with Gasteiger partial charge < -0.3 is 9.47 Å². The number of unbranched alkanes of at least 4 members (excludes halogenated alkanes) is 28. The number of epoxide rings is 1. The Kier molecular flexibility index (Phi) is 28.2. The summed E-state index contributed by atoms with van der Waals surface area (Å²) < 4.78 is 12.0. The van der Waals surface area contributed by atoms with Crippen molar-refractivity contribution in [2.24, 2.45) is 0 Å². The van der Waals surface area contributed by atoms with Gasteiger partial charge in [0.05, 0.1) is 25.4 Å². The van der Waals surface area contributed by atoms with Gasteiger partial charge in [-0.2, -0.15) is 0 Å². The third kappa shape index (κ3) is 21.9. The topological polar surface area (TPSA) is 21.8 Å². The summed E-state index contributed by atoms with van der Waals surface area (Å²) in [4.78, 5) is 0. The molecule has 1 aliphatic heterocycles. The summed E-state index contributed by atoms with van der Waals surface area (Å²) in [5.41, 5.74) is 2.75. The maximum absolute atomic E-state index is 7.48. The van der Waals surface area contributed by atoms with Crippen LogP contribution in [0.25, 0.3) is 21.5 Å². The minimum absolute atomic E-state index is 0.0957. The average molecular weight is 819 g/mol. The zero-order valence-electron chi connectivity index (χ0n) is 39.1. The van der Waals surface area contributed by atoms with Gasteiger partial charge in [-0.1, -0.05) is 291 Å². The SMILES string of the molecule is C1CO1.CCCCCCCCCCCCCCCCCC(OC(CCCCCCCCCCCCCCCCC)c1cccc2ccccc12)c1cccc2ccccc12. The van der Waals surface area contributed by atoms with Gasteiger partial charge in [-0.15, -0.1) is 0 Å². The van der Waals surface area contributed by atoms with E-state index in [2.05, 4.69) is 104 Å². The van der Waals surface area contributed by atoms with Crippen LogP contribution < -0.4 is 0 Å². The Morgan fingerprint density at radius 1 is 0.350 bits per heavy atom. The zero-order chi connectivity index (χ0) is 42.0. The molecule has 334 valence electrons. The number of rotatable bonds is 36. The van der Waals surface area contributed by atoms with Gasteiger partial charge in [0.1, 0.15) is 0 Å². The maximum atomic E-state index is 7.48. The van der Waals surface area contributed by atoms with E-state index < -0.39 is 0 Å². The Morgan fingerprint density at radius 2 is 0.617 bits per heavy atom. The van der Waals surface area contributed by atoms with Gasteiger partial charge in [0, 0.05) is 0 Å². The van der Waals surface area contributed by atoms with Crippen molar-refractivity contribution in [3.05, 3.63) is 96.1 Å². The molecule has 0 radical (unpaired) electrons. The first kappa shape index (κ1) is 50.0. The van der Waals surface area contributed by atoms with Crippen LogP contribution in [0.5, 0.6) is 0 Å². The van der Waals surface area contributed by atoms with Crippen LogP contribution in [0.1, 0.15) is 243 Å². The Morgan fingerprint density at radius 3 is 0.917 bits per heavy atom. The Bertz CT molecular complexity index is 1460. The summed E-state index contributed by atoms with van der Waals surface area (Å²) >= 11 is 0. The summed E-state index contributed by atoms with van der Waals surface area (Å²) in [6.07, 6.45) is 44.3. The molecule has 60 heavy (non-hydrogen) atoms. The molecular formula is C58H90O2. The number of hydrogen-bond donors (Lipinski definition) is 0. The first-order chi connectivity index (χ1) is 29.8. The summed E-state index contributed by atoms with van der Waals surface area (Å²) in [7, 11) is 0. The van der Waals surface area contributed by atoms with E-state index in [1.807, 2.05) is 0 Å². The second kappa shape index (κ2) is 33.9. The Hall–Kier alpha value is -2.68. The van der Waals surface area contributed by atoms with Crippen LogP contribution >= 0.6 is 0 Å². The van der Waals surface area contributed by atoms with Crippen molar-refractivity contribution >= 4 is 21.5 Å². The van der Waals surface area contributed by atoms with E-state index in [1.165, 1.54) is 225 Å². The van der Waals surface area contributed by atoms with E-state index in [0.29, 0.717) is 0 Å². The standard InChI is InChI=1S/C56H86O.C2H4O/c1-3-5-7-9-11-13-15-17-19-21-23-25-27-29-31-47-55(53-45-37-41-49-39-33-35-43-51(49)53)57-56(54-46-38-42-50-40-34-36-44-52(50)54)48-32-30-28-26-24-22-20-18-16-14-12-10-8-6-4-2;1-2-3-1/h33-46,55-56H,3-32,47-48H2,1-2H3;1-2H2. The molecule has 2 unspecified atom stereocenters. The van der Waals surface area contributed by atoms with Gasteiger partial charge >= 0.3 is 0 Å². The molecule has 0 saturated carbocycles.